The molecular formula is C21H22BrN3O2. The summed E-state index contributed by atoms with van der Waals surface area (Å²) in [6.07, 6.45) is 2.79. The second kappa shape index (κ2) is 9.37. The van der Waals surface area contributed by atoms with Crippen LogP contribution in [0.4, 0.5) is 0 Å². The largest absolute Gasteiger partial charge is 0.488 e. The molecule has 0 aliphatic heterocycles. The molecule has 1 N–H and O–H groups in total. The van der Waals surface area contributed by atoms with Gasteiger partial charge in [0.15, 0.2) is 0 Å². The van der Waals surface area contributed by atoms with E-state index in [1.165, 1.54) is 0 Å². The van der Waals surface area contributed by atoms with Gasteiger partial charge in [0.1, 0.15) is 12.4 Å². The molecule has 5 nitrogen and oxygen atoms in total. The number of halogens is 1. The number of para-hydroxylation sites is 1. The molecule has 0 aliphatic rings. The fourth-order valence-electron chi connectivity index (χ4n) is 2.61. The molecule has 0 spiro atoms. The van der Waals surface area contributed by atoms with Gasteiger partial charge in [0.2, 0.25) is 0 Å². The molecule has 0 radical (unpaired) electrons. The molecule has 3 rings (SSSR count). The molecule has 0 aliphatic carbocycles. The summed E-state index contributed by atoms with van der Waals surface area (Å²) in [5, 5.41) is 7.27. The van der Waals surface area contributed by atoms with Gasteiger partial charge in [-0.2, -0.15) is 5.10 Å². The van der Waals surface area contributed by atoms with Crippen LogP contribution in [0.1, 0.15) is 28.0 Å². The first-order valence-corrected chi connectivity index (χ1v) is 9.65. The molecule has 0 bridgehead atoms. The molecule has 3 aromatic rings. The lowest BCUT2D eigenvalue weighted by atomic mass is 10.1. The Bertz CT molecular complexity index is 890. The highest BCUT2D eigenvalue weighted by atomic mass is 79.9. The second-order valence-corrected chi connectivity index (χ2v) is 7.10. The van der Waals surface area contributed by atoms with Gasteiger partial charge in [-0.3, -0.25) is 9.48 Å². The van der Waals surface area contributed by atoms with Crippen molar-refractivity contribution in [3.8, 4) is 5.75 Å². The number of aryl methyl sites for hydroxylation is 2. The quantitative estimate of drug-likeness (QED) is 0.543. The van der Waals surface area contributed by atoms with Gasteiger partial charge < -0.3 is 10.1 Å². The van der Waals surface area contributed by atoms with Gasteiger partial charge in [0, 0.05) is 24.8 Å². The van der Waals surface area contributed by atoms with Crippen LogP contribution < -0.4 is 10.1 Å². The molecule has 0 saturated heterocycles. The minimum absolute atomic E-state index is 0.0649. The molecular weight excluding hydrogens is 406 g/mol. The number of hydrogen-bond acceptors (Lipinski definition) is 3. The first-order chi connectivity index (χ1) is 13.1. The first kappa shape index (κ1) is 19.2. The Balaban J connectivity index is 1.43. The third-order valence-corrected chi connectivity index (χ3v) is 4.73. The maximum atomic E-state index is 12.2. The first-order valence-electron chi connectivity index (χ1n) is 8.86. The Hall–Kier alpha value is -2.60. The van der Waals surface area contributed by atoms with Crippen molar-refractivity contribution < 1.29 is 9.53 Å². The van der Waals surface area contributed by atoms with Crippen molar-refractivity contribution in [3.05, 3.63) is 82.1 Å². The number of carbonyl (C=O) groups is 1. The number of carbonyl (C=O) groups excluding carboxylic acids is 1. The Morgan fingerprint density at radius 3 is 2.63 bits per heavy atom. The summed E-state index contributed by atoms with van der Waals surface area (Å²) in [5.74, 6) is 0.733. The van der Waals surface area contributed by atoms with E-state index in [0.717, 1.165) is 34.4 Å². The number of rotatable bonds is 8. The van der Waals surface area contributed by atoms with Crippen LogP contribution in [0.15, 0.2) is 65.3 Å². The predicted molar refractivity (Wildman–Crippen MR) is 109 cm³/mol. The number of hydrogen-bond donors (Lipinski definition) is 1. The van der Waals surface area contributed by atoms with Crippen LogP contribution in [0, 0.1) is 6.92 Å². The maximum Gasteiger partial charge on any atom is 0.251 e. The van der Waals surface area contributed by atoms with E-state index in [4.69, 9.17) is 4.74 Å². The van der Waals surface area contributed by atoms with Crippen LogP contribution in [0.3, 0.4) is 0 Å². The van der Waals surface area contributed by atoms with E-state index in [1.54, 1.807) is 0 Å². The molecule has 27 heavy (non-hydrogen) atoms. The van der Waals surface area contributed by atoms with E-state index >= 15 is 0 Å². The van der Waals surface area contributed by atoms with E-state index in [2.05, 4.69) is 26.3 Å². The number of aromatic nitrogens is 2. The second-order valence-electron chi connectivity index (χ2n) is 6.25. The van der Waals surface area contributed by atoms with E-state index < -0.39 is 0 Å². The molecule has 1 heterocycles. The number of ether oxygens (including phenoxy) is 1. The van der Waals surface area contributed by atoms with Gasteiger partial charge in [0.05, 0.1) is 10.2 Å². The van der Waals surface area contributed by atoms with Crippen molar-refractivity contribution in [1.82, 2.24) is 15.1 Å². The van der Waals surface area contributed by atoms with Crippen LogP contribution in [0.2, 0.25) is 0 Å². The molecule has 6 heteroatoms. The van der Waals surface area contributed by atoms with E-state index in [0.29, 0.717) is 18.7 Å². The summed E-state index contributed by atoms with van der Waals surface area (Å²) >= 11 is 3.46. The Morgan fingerprint density at radius 1 is 1.15 bits per heavy atom. The lowest BCUT2D eigenvalue weighted by Gasteiger charge is -2.09. The van der Waals surface area contributed by atoms with Crippen LogP contribution >= 0.6 is 15.9 Å². The topological polar surface area (TPSA) is 56.2 Å². The van der Waals surface area contributed by atoms with Gasteiger partial charge in [-0.25, -0.2) is 0 Å². The van der Waals surface area contributed by atoms with E-state index in [-0.39, 0.29) is 5.91 Å². The zero-order valence-corrected chi connectivity index (χ0v) is 16.8. The summed E-state index contributed by atoms with van der Waals surface area (Å²) in [6, 6.07) is 17.2. The zero-order chi connectivity index (χ0) is 19.1. The molecule has 0 atom stereocenters. The van der Waals surface area contributed by atoms with E-state index in [9.17, 15) is 4.79 Å². The summed E-state index contributed by atoms with van der Waals surface area (Å²) in [5.41, 5.74) is 2.66. The summed E-state index contributed by atoms with van der Waals surface area (Å²) < 4.78 is 8.60. The van der Waals surface area contributed by atoms with Crippen molar-refractivity contribution in [2.75, 3.05) is 6.54 Å². The van der Waals surface area contributed by atoms with Crippen LogP contribution in [-0.2, 0) is 13.2 Å². The Morgan fingerprint density at radius 2 is 1.93 bits per heavy atom. The van der Waals surface area contributed by atoms with Crippen molar-refractivity contribution in [1.29, 1.82) is 0 Å². The molecule has 2 aromatic carbocycles. The van der Waals surface area contributed by atoms with Crippen molar-refractivity contribution >= 4 is 21.8 Å². The summed E-state index contributed by atoms with van der Waals surface area (Å²) in [4.78, 5) is 12.2. The minimum atomic E-state index is -0.0649. The van der Waals surface area contributed by atoms with Crippen molar-refractivity contribution in [2.45, 2.75) is 26.5 Å². The third-order valence-electron chi connectivity index (χ3n) is 4.07. The van der Waals surface area contributed by atoms with Crippen molar-refractivity contribution in [3.63, 3.8) is 0 Å². The third kappa shape index (κ3) is 5.69. The predicted octanol–water partition coefficient (Wildman–Crippen LogP) is 4.35. The maximum absolute atomic E-state index is 12.2. The Kier molecular flexibility index (Phi) is 6.65. The van der Waals surface area contributed by atoms with E-state index in [1.807, 2.05) is 72.4 Å². The lowest BCUT2D eigenvalue weighted by Crippen LogP contribution is -2.25. The van der Waals surface area contributed by atoms with Crippen LogP contribution in [0.5, 0.6) is 5.75 Å². The lowest BCUT2D eigenvalue weighted by molar-refractivity contribution is 0.0952. The van der Waals surface area contributed by atoms with Gasteiger partial charge in [-0.15, -0.1) is 0 Å². The van der Waals surface area contributed by atoms with Crippen LogP contribution in [0.25, 0.3) is 0 Å². The summed E-state index contributed by atoms with van der Waals surface area (Å²) in [7, 11) is 0. The monoisotopic (exact) mass is 427 g/mol. The smallest absolute Gasteiger partial charge is 0.251 e. The average Bonchev–Trinajstić information content (AvgIpc) is 3.10. The summed E-state index contributed by atoms with van der Waals surface area (Å²) in [6.45, 7) is 3.82. The van der Waals surface area contributed by atoms with Crippen molar-refractivity contribution in [2.24, 2.45) is 0 Å². The molecule has 0 saturated carbocycles. The fourth-order valence-corrected chi connectivity index (χ4v) is 3.01. The molecule has 1 aromatic heterocycles. The molecule has 1 amide bonds. The number of nitrogens with one attached hydrogen (secondary N) is 1. The average molecular weight is 428 g/mol. The van der Waals surface area contributed by atoms with Gasteiger partial charge >= 0.3 is 0 Å². The van der Waals surface area contributed by atoms with Gasteiger partial charge in [-0.1, -0.05) is 24.3 Å². The SMILES string of the molecule is Cc1ccn(CCCNC(=O)c2ccc(COc3ccccc3Br)cc2)n1. The molecule has 140 valence electrons. The highest BCUT2D eigenvalue weighted by Crippen LogP contribution is 2.24. The number of amides is 1. The highest BCUT2D eigenvalue weighted by molar-refractivity contribution is 9.10. The fraction of sp³-hybridized carbons (Fsp3) is 0.238. The number of nitrogens with zero attached hydrogens (tertiary/aromatic N) is 2. The minimum Gasteiger partial charge on any atom is -0.488 e. The highest BCUT2D eigenvalue weighted by Gasteiger charge is 2.06. The van der Waals surface area contributed by atoms with Crippen LogP contribution in [-0.4, -0.2) is 22.2 Å². The zero-order valence-electron chi connectivity index (χ0n) is 15.2. The number of benzene rings is 2. The standard InChI is InChI=1S/C21H22BrN3O2/c1-16-11-14-25(24-16)13-4-12-23-21(26)18-9-7-17(8-10-18)15-27-20-6-3-2-5-19(20)22/h2-3,5-11,14H,4,12-13,15H2,1H3,(H,23,26). The molecule has 0 fully saturated rings. The Labute approximate surface area is 167 Å². The molecule has 0 unspecified atom stereocenters. The normalized spacial score (nSPS) is 10.6. The van der Waals surface area contributed by atoms with Gasteiger partial charge in [0.25, 0.3) is 5.91 Å². The van der Waals surface area contributed by atoms with Gasteiger partial charge in [-0.05, 0) is 65.2 Å².